The molecule has 19 heavy (non-hydrogen) atoms. The van der Waals surface area contributed by atoms with Crippen LogP contribution < -0.4 is 5.32 Å². The van der Waals surface area contributed by atoms with Gasteiger partial charge < -0.3 is 5.32 Å². The van der Waals surface area contributed by atoms with Crippen molar-refractivity contribution in [3.63, 3.8) is 0 Å². The van der Waals surface area contributed by atoms with E-state index in [2.05, 4.69) is 17.3 Å². The van der Waals surface area contributed by atoms with E-state index in [0.717, 1.165) is 29.7 Å². The van der Waals surface area contributed by atoms with Gasteiger partial charge in [0.1, 0.15) is 5.82 Å². The zero-order valence-electron chi connectivity index (χ0n) is 11.7. The van der Waals surface area contributed by atoms with Crippen molar-refractivity contribution in [2.24, 2.45) is 7.05 Å². The molecule has 2 rings (SSSR count). The third-order valence-electron chi connectivity index (χ3n) is 3.31. The highest BCUT2D eigenvalue weighted by Crippen LogP contribution is 2.20. The molecule has 1 heterocycles. The van der Waals surface area contributed by atoms with Gasteiger partial charge in [-0.1, -0.05) is 13.0 Å². The van der Waals surface area contributed by atoms with Gasteiger partial charge >= 0.3 is 0 Å². The van der Waals surface area contributed by atoms with Gasteiger partial charge in [0.15, 0.2) is 0 Å². The van der Waals surface area contributed by atoms with E-state index in [4.69, 9.17) is 0 Å². The van der Waals surface area contributed by atoms with Gasteiger partial charge in [0, 0.05) is 24.8 Å². The minimum atomic E-state index is -0.179. The number of halogens is 1. The predicted octanol–water partition coefficient (Wildman–Crippen LogP) is 2.76. The summed E-state index contributed by atoms with van der Waals surface area (Å²) in [5, 5.41) is 7.64. The first-order chi connectivity index (χ1) is 9.10. The van der Waals surface area contributed by atoms with Crippen molar-refractivity contribution in [3.05, 3.63) is 53.1 Å². The van der Waals surface area contributed by atoms with E-state index in [1.807, 2.05) is 32.4 Å². The van der Waals surface area contributed by atoms with E-state index in [9.17, 15) is 4.39 Å². The molecule has 0 radical (unpaired) electrons. The van der Waals surface area contributed by atoms with Crippen LogP contribution in [0.25, 0.3) is 0 Å². The molecule has 1 unspecified atom stereocenters. The summed E-state index contributed by atoms with van der Waals surface area (Å²) in [6, 6.07) is 5.12. The molecule has 0 aliphatic heterocycles. The first-order valence-corrected chi connectivity index (χ1v) is 6.57. The van der Waals surface area contributed by atoms with Crippen LogP contribution in [0.2, 0.25) is 0 Å². The minimum Gasteiger partial charge on any atom is -0.310 e. The summed E-state index contributed by atoms with van der Waals surface area (Å²) < 4.78 is 15.1. The quantitative estimate of drug-likeness (QED) is 0.897. The summed E-state index contributed by atoms with van der Waals surface area (Å²) in [5.41, 5.74) is 3.29. The summed E-state index contributed by atoms with van der Waals surface area (Å²) in [5.74, 6) is -0.179. The monoisotopic (exact) mass is 261 g/mol. The van der Waals surface area contributed by atoms with E-state index in [1.165, 1.54) is 6.07 Å². The van der Waals surface area contributed by atoms with Gasteiger partial charge in [0.25, 0.3) is 0 Å². The highest BCUT2D eigenvalue weighted by molar-refractivity contribution is 5.29. The van der Waals surface area contributed by atoms with Crippen LogP contribution in [0.4, 0.5) is 4.39 Å². The normalized spacial score (nSPS) is 12.6. The number of nitrogens with zero attached hydrogens (tertiary/aromatic N) is 2. The molecule has 0 spiro atoms. The van der Waals surface area contributed by atoms with E-state index >= 15 is 0 Å². The maximum Gasteiger partial charge on any atom is 0.123 e. The summed E-state index contributed by atoms with van der Waals surface area (Å²) in [6.45, 7) is 4.96. The van der Waals surface area contributed by atoms with Crippen LogP contribution in [0.15, 0.2) is 30.6 Å². The largest absolute Gasteiger partial charge is 0.310 e. The van der Waals surface area contributed by atoms with Gasteiger partial charge in [-0.15, -0.1) is 0 Å². The number of likely N-dealkylation sites (N-methyl/N-ethyl adjacent to an activating group) is 1. The second-order valence-corrected chi connectivity index (χ2v) is 4.83. The average Bonchev–Trinajstić information content (AvgIpc) is 2.80. The van der Waals surface area contributed by atoms with Gasteiger partial charge in [0.2, 0.25) is 0 Å². The van der Waals surface area contributed by atoms with Crippen LogP contribution in [0.5, 0.6) is 0 Å². The van der Waals surface area contributed by atoms with Gasteiger partial charge in [-0.3, -0.25) is 4.68 Å². The number of hydrogen-bond acceptors (Lipinski definition) is 2. The fourth-order valence-corrected chi connectivity index (χ4v) is 2.25. The molecular formula is C15H20FN3. The summed E-state index contributed by atoms with van der Waals surface area (Å²) in [6.07, 6.45) is 4.63. The van der Waals surface area contributed by atoms with E-state index in [0.29, 0.717) is 0 Å². The molecule has 102 valence electrons. The van der Waals surface area contributed by atoms with Gasteiger partial charge in [-0.2, -0.15) is 5.10 Å². The SMILES string of the molecule is CCNC(Cc1cc(F)ccc1C)c1cnn(C)c1. The lowest BCUT2D eigenvalue weighted by Gasteiger charge is -2.17. The number of rotatable bonds is 5. The van der Waals surface area contributed by atoms with E-state index in [1.54, 1.807) is 10.7 Å². The Morgan fingerprint density at radius 1 is 1.42 bits per heavy atom. The molecule has 0 saturated heterocycles. The molecule has 1 aromatic carbocycles. The first kappa shape index (κ1) is 13.7. The van der Waals surface area contributed by atoms with Gasteiger partial charge in [0.05, 0.1) is 6.20 Å². The van der Waals surface area contributed by atoms with Crippen molar-refractivity contribution in [2.45, 2.75) is 26.3 Å². The molecular weight excluding hydrogens is 241 g/mol. The zero-order valence-corrected chi connectivity index (χ0v) is 11.7. The van der Waals surface area contributed by atoms with E-state index in [-0.39, 0.29) is 11.9 Å². The van der Waals surface area contributed by atoms with Crippen LogP contribution in [-0.2, 0) is 13.5 Å². The third-order valence-corrected chi connectivity index (χ3v) is 3.31. The lowest BCUT2D eigenvalue weighted by Crippen LogP contribution is -2.23. The fraction of sp³-hybridized carbons (Fsp3) is 0.400. The first-order valence-electron chi connectivity index (χ1n) is 6.57. The molecule has 4 heteroatoms. The summed E-state index contributed by atoms with van der Waals surface area (Å²) in [4.78, 5) is 0. The Hall–Kier alpha value is -1.68. The Morgan fingerprint density at radius 2 is 2.21 bits per heavy atom. The molecule has 1 atom stereocenters. The molecule has 0 aliphatic carbocycles. The number of benzene rings is 1. The van der Waals surface area contributed by atoms with Crippen molar-refractivity contribution in [1.82, 2.24) is 15.1 Å². The molecule has 1 aromatic heterocycles. The van der Waals surface area contributed by atoms with Crippen LogP contribution in [-0.4, -0.2) is 16.3 Å². The lowest BCUT2D eigenvalue weighted by molar-refractivity contribution is 0.545. The Kier molecular flexibility index (Phi) is 4.32. The second kappa shape index (κ2) is 5.97. The number of nitrogens with one attached hydrogen (secondary N) is 1. The molecule has 1 N–H and O–H groups in total. The lowest BCUT2D eigenvalue weighted by atomic mass is 9.98. The van der Waals surface area contributed by atoms with Gasteiger partial charge in [-0.25, -0.2) is 4.39 Å². The predicted molar refractivity (Wildman–Crippen MR) is 74.5 cm³/mol. The van der Waals surface area contributed by atoms with Gasteiger partial charge in [-0.05, 0) is 43.1 Å². The number of aryl methyl sites for hydroxylation is 2. The number of hydrogen-bond donors (Lipinski definition) is 1. The Labute approximate surface area is 113 Å². The molecule has 0 saturated carbocycles. The molecule has 3 nitrogen and oxygen atoms in total. The maximum absolute atomic E-state index is 13.4. The van der Waals surface area contributed by atoms with Crippen LogP contribution in [0, 0.1) is 12.7 Å². The molecule has 0 fully saturated rings. The molecule has 0 bridgehead atoms. The third kappa shape index (κ3) is 3.41. The number of aromatic nitrogens is 2. The minimum absolute atomic E-state index is 0.166. The second-order valence-electron chi connectivity index (χ2n) is 4.83. The van der Waals surface area contributed by atoms with Crippen molar-refractivity contribution in [1.29, 1.82) is 0 Å². The topological polar surface area (TPSA) is 29.9 Å². The van der Waals surface area contributed by atoms with Crippen molar-refractivity contribution >= 4 is 0 Å². The standard InChI is InChI=1S/C15H20FN3/c1-4-17-15(13-9-18-19(3)10-13)8-12-7-14(16)6-5-11(12)2/h5-7,9-10,15,17H,4,8H2,1-3H3. The smallest absolute Gasteiger partial charge is 0.123 e. The molecule has 0 aliphatic rings. The zero-order chi connectivity index (χ0) is 13.8. The van der Waals surface area contributed by atoms with Crippen LogP contribution >= 0.6 is 0 Å². The summed E-state index contributed by atoms with van der Waals surface area (Å²) in [7, 11) is 1.90. The highest BCUT2D eigenvalue weighted by atomic mass is 19.1. The Morgan fingerprint density at radius 3 is 2.84 bits per heavy atom. The average molecular weight is 261 g/mol. The summed E-state index contributed by atoms with van der Waals surface area (Å²) >= 11 is 0. The fourth-order valence-electron chi connectivity index (χ4n) is 2.25. The highest BCUT2D eigenvalue weighted by Gasteiger charge is 2.14. The van der Waals surface area contributed by atoms with Crippen molar-refractivity contribution in [2.75, 3.05) is 6.54 Å². The Bertz CT molecular complexity index is 548. The van der Waals surface area contributed by atoms with Crippen molar-refractivity contribution < 1.29 is 4.39 Å². The van der Waals surface area contributed by atoms with Crippen LogP contribution in [0.3, 0.4) is 0 Å². The Balaban J connectivity index is 2.23. The molecule has 0 amide bonds. The van der Waals surface area contributed by atoms with E-state index < -0.39 is 0 Å². The van der Waals surface area contributed by atoms with Crippen LogP contribution in [0.1, 0.15) is 29.7 Å². The maximum atomic E-state index is 13.4. The van der Waals surface area contributed by atoms with Crippen molar-refractivity contribution in [3.8, 4) is 0 Å². The molecule has 2 aromatic rings.